The van der Waals surface area contributed by atoms with Gasteiger partial charge in [-0.15, -0.1) is 0 Å². The molecule has 0 aliphatic rings. The van der Waals surface area contributed by atoms with Crippen molar-refractivity contribution in [2.75, 3.05) is 24.4 Å². The Morgan fingerprint density at radius 1 is 0.964 bits per heavy atom. The zero-order valence-electron chi connectivity index (χ0n) is 15.2. The van der Waals surface area contributed by atoms with Crippen LogP contribution < -0.4 is 15.4 Å². The first kappa shape index (κ1) is 18.9. The zero-order valence-corrected chi connectivity index (χ0v) is 15.2. The van der Waals surface area contributed by atoms with Crippen LogP contribution in [-0.4, -0.2) is 30.6 Å². The number of ether oxygens (including phenoxy) is 2. The molecule has 0 fully saturated rings. The van der Waals surface area contributed by atoms with Crippen LogP contribution in [0.15, 0.2) is 72.9 Å². The van der Waals surface area contributed by atoms with E-state index < -0.39 is 5.97 Å². The van der Waals surface area contributed by atoms with Gasteiger partial charge in [0.25, 0.3) is 5.91 Å². The predicted octanol–water partition coefficient (Wildman–Crippen LogP) is 3.63. The molecule has 0 aliphatic carbocycles. The molecular formula is C21H19N3O4. The Morgan fingerprint density at radius 2 is 1.79 bits per heavy atom. The molecule has 28 heavy (non-hydrogen) atoms. The van der Waals surface area contributed by atoms with Crippen LogP contribution in [0, 0.1) is 0 Å². The van der Waals surface area contributed by atoms with Gasteiger partial charge in [0.1, 0.15) is 11.6 Å². The fraction of sp³-hybridized carbons (Fsp3) is 0.0952. The van der Waals surface area contributed by atoms with Crippen molar-refractivity contribution in [2.45, 2.75) is 0 Å². The van der Waals surface area contributed by atoms with Gasteiger partial charge in [-0.25, -0.2) is 9.78 Å². The summed E-state index contributed by atoms with van der Waals surface area (Å²) in [7, 11) is 1.34. The molecule has 0 atom stereocenters. The van der Waals surface area contributed by atoms with Gasteiger partial charge < -0.3 is 20.1 Å². The molecule has 0 radical (unpaired) electrons. The number of para-hydroxylation sites is 1. The number of carbonyl (C=O) groups is 2. The average molecular weight is 377 g/mol. The Hall–Kier alpha value is -3.87. The molecule has 0 bridgehead atoms. The topological polar surface area (TPSA) is 89.6 Å². The summed E-state index contributed by atoms with van der Waals surface area (Å²) in [6, 6.07) is 19.5. The summed E-state index contributed by atoms with van der Waals surface area (Å²) in [4.78, 5) is 27.8. The number of amides is 1. The summed E-state index contributed by atoms with van der Waals surface area (Å²) in [5.74, 6) is 0.509. The van der Waals surface area contributed by atoms with Crippen LogP contribution in [0.25, 0.3) is 0 Å². The quantitative estimate of drug-likeness (QED) is 0.611. The van der Waals surface area contributed by atoms with Gasteiger partial charge in [0.2, 0.25) is 0 Å². The van der Waals surface area contributed by atoms with Crippen LogP contribution in [0.5, 0.6) is 5.75 Å². The van der Waals surface area contributed by atoms with E-state index in [1.54, 1.807) is 42.5 Å². The average Bonchev–Trinajstić information content (AvgIpc) is 2.74. The number of esters is 1. The number of rotatable bonds is 7. The van der Waals surface area contributed by atoms with E-state index >= 15 is 0 Å². The molecule has 0 spiro atoms. The largest absolute Gasteiger partial charge is 0.484 e. The van der Waals surface area contributed by atoms with E-state index in [2.05, 4.69) is 15.6 Å². The molecular weight excluding hydrogens is 358 g/mol. The number of carbonyl (C=O) groups excluding carboxylic acids is 2. The van der Waals surface area contributed by atoms with Gasteiger partial charge in [-0.3, -0.25) is 4.79 Å². The van der Waals surface area contributed by atoms with E-state index in [0.717, 1.165) is 0 Å². The molecule has 0 unspecified atom stereocenters. The lowest BCUT2D eigenvalue weighted by molar-refractivity contribution is -0.118. The van der Waals surface area contributed by atoms with Crippen molar-refractivity contribution in [3.63, 3.8) is 0 Å². The molecule has 2 aromatic carbocycles. The summed E-state index contributed by atoms with van der Waals surface area (Å²) in [6.07, 6.45) is 1.53. The Labute approximate surface area is 162 Å². The standard InChI is InChI=1S/C21H19N3O4/c1-27-21(26)15-6-5-7-16(12-15)23-19-11-10-17(13-22-19)24-20(25)14-28-18-8-3-2-4-9-18/h2-13H,14H2,1H3,(H,22,23)(H,24,25). The second-order valence-corrected chi connectivity index (χ2v) is 5.78. The minimum atomic E-state index is -0.410. The van der Waals surface area contributed by atoms with E-state index in [4.69, 9.17) is 9.47 Å². The van der Waals surface area contributed by atoms with E-state index in [1.807, 2.05) is 24.3 Å². The van der Waals surface area contributed by atoms with Gasteiger partial charge in [-0.05, 0) is 42.5 Å². The highest BCUT2D eigenvalue weighted by Gasteiger charge is 2.07. The van der Waals surface area contributed by atoms with Gasteiger partial charge in [-0.2, -0.15) is 0 Å². The van der Waals surface area contributed by atoms with Gasteiger partial charge in [0.05, 0.1) is 24.6 Å². The summed E-state index contributed by atoms with van der Waals surface area (Å²) in [5.41, 5.74) is 1.69. The SMILES string of the molecule is COC(=O)c1cccc(Nc2ccc(NC(=O)COc3ccccc3)cn2)c1. The van der Waals surface area contributed by atoms with Crippen molar-refractivity contribution in [1.82, 2.24) is 4.98 Å². The molecule has 1 amide bonds. The number of hydrogen-bond acceptors (Lipinski definition) is 6. The monoisotopic (exact) mass is 377 g/mol. The molecule has 3 aromatic rings. The van der Waals surface area contributed by atoms with Gasteiger partial charge in [0.15, 0.2) is 6.61 Å². The van der Waals surface area contributed by atoms with Crippen LogP contribution in [0.4, 0.5) is 17.2 Å². The van der Waals surface area contributed by atoms with Crippen molar-refractivity contribution in [1.29, 1.82) is 0 Å². The minimum Gasteiger partial charge on any atom is -0.484 e. The van der Waals surface area contributed by atoms with Crippen LogP contribution in [0.1, 0.15) is 10.4 Å². The molecule has 3 rings (SSSR count). The van der Waals surface area contributed by atoms with Crippen LogP contribution in [-0.2, 0) is 9.53 Å². The maximum atomic E-state index is 12.0. The predicted molar refractivity (Wildman–Crippen MR) is 106 cm³/mol. The van der Waals surface area contributed by atoms with Crippen LogP contribution in [0.2, 0.25) is 0 Å². The van der Waals surface area contributed by atoms with Crippen molar-refractivity contribution < 1.29 is 19.1 Å². The number of pyridine rings is 1. The first-order valence-electron chi connectivity index (χ1n) is 8.53. The van der Waals surface area contributed by atoms with Crippen molar-refractivity contribution in [2.24, 2.45) is 0 Å². The van der Waals surface area contributed by atoms with E-state index in [1.165, 1.54) is 13.3 Å². The van der Waals surface area contributed by atoms with Crippen LogP contribution in [0.3, 0.4) is 0 Å². The van der Waals surface area contributed by atoms with Gasteiger partial charge in [-0.1, -0.05) is 24.3 Å². The lowest BCUT2D eigenvalue weighted by Gasteiger charge is -2.09. The third-order valence-corrected chi connectivity index (χ3v) is 3.72. The smallest absolute Gasteiger partial charge is 0.337 e. The van der Waals surface area contributed by atoms with E-state index in [-0.39, 0.29) is 12.5 Å². The normalized spacial score (nSPS) is 10.0. The molecule has 0 saturated heterocycles. The summed E-state index contributed by atoms with van der Waals surface area (Å²) in [5, 5.41) is 5.81. The molecule has 1 heterocycles. The summed E-state index contributed by atoms with van der Waals surface area (Å²) < 4.78 is 10.1. The van der Waals surface area contributed by atoms with Crippen molar-refractivity contribution in [3.05, 3.63) is 78.5 Å². The number of nitrogens with zero attached hydrogens (tertiary/aromatic N) is 1. The molecule has 0 saturated carbocycles. The summed E-state index contributed by atoms with van der Waals surface area (Å²) in [6.45, 7) is -0.0929. The molecule has 1 aromatic heterocycles. The molecule has 2 N–H and O–H groups in total. The van der Waals surface area contributed by atoms with Gasteiger partial charge in [0, 0.05) is 5.69 Å². The highest BCUT2D eigenvalue weighted by molar-refractivity contribution is 5.92. The zero-order chi connectivity index (χ0) is 19.8. The number of aromatic nitrogens is 1. The number of nitrogens with one attached hydrogen (secondary N) is 2. The van der Waals surface area contributed by atoms with E-state index in [0.29, 0.717) is 28.5 Å². The Balaban J connectivity index is 1.55. The number of benzene rings is 2. The minimum absolute atomic E-state index is 0.0929. The van der Waals surface area contributed by atoms with Crippen molar-refractivity contribution in [3.8, 4) is 5.75 Å². The fourth-order valence-corrected chi connectivity index (χ4v) is 2.39. The number of hydrogen-bond donors (Lipinski definition) is 2. The van der Waals surface area contributed by atoms with Crippen molar-refractivity contribution >= 4 is 29.1 Å². The lowest BCUT2D eigenvalue weighted by atomic mass is 10.2. The molecule has 142 valence electrons. The van der Waals surface area contributed by atoms with Gasteiger partial charge >= 0.3 is 5.97 Å². The summed E-state index contributed by atoms with van der Waals surface area (Å²) >= 11 is 0. The maximum absolute atomic E-state index is 12.0. The molecule has 7 heteroatoms. The third-order valence-electron chi connectivity index (χ3n) is 3.72. The van der Waals surface area contributed by atoms with Crippen LogP contribution >= 0.6 is 0 Å². The second-order valence-electron chi connectivity index (χ2n) is 5.78. The Morgan fingerprint density at radius 3 is 2.50 bits per heavy atom. The first-order valence-corrected chi connectivity index (χ1v) is 8.53. The third kappa shape index (κ3) is 5.31. The lowest BCUT2D eigenvalue weighted by Crippen LogP contribution is -2.20. The number of methoxy groups -OCH3 is 1. The highest BCUT2D eigenvalue weighted by atomic mass is 16.5. The first-order chi connectivity index (χ1) is 13.6. The fourth-order valence-electron chi connectivity index (χ4n) is 2.39. The highest BCUT2D eigenvalue weighted by Crippen LogP contribution is 2.18. The molecule has 0 aliphatic heterocycles. The number of anilines is 3. The molecule has 7 nitrogen and oxygen atoms in total. The second kappa shape index (κ2) is 9.18. The Bertz CT molecular complexity index is 943. The van der Waals surface area contributed by atoms with E-state index in [9.17, 15) is 9.59 Å². The Kier molecular flexibility index (Phi) is 6.20. The maximum Gasteiger partial charge on any atom is 0.337 e.